The van der Waals surface area contributed by atoms with Crippen LogP contribution in [0, 0.1) is 5.92 Å². The first-order valence-electron chi connectivity index (χ1n) is 5.89. The molecule has 0 amide bonds. The summed E-state index contributed by atoms with van der Waals surface area (Å²) < 4.78 is 5.26. The molecule has 0 aromatic rings. The number of hydrogen-bond acceptors (Lipinski definition) is 2. The smallest absolute Gasteiger partial charge is 0.190 e. The Morgan fingerprint density at radius 2 is 2.12 bits per heavy atom. The number of nitrogens with zero attached hydrogens (tertiary/aromatic N) is 1. The van der Waals surface area contributed by atoms with E-state index in [2.05, 4.69) is 15.6 Å². The van der Waals surface area contributed by atoms with Crippen LogP contribution in [0.1, 0.15) is 26.2 Å². The van der Waals surface area contributed by atoms with Crippen molar-refractivity contribution >= 4 is 29.9 Å². The van der Waals surface area contributed by atoms with E-state index in [0.29, 0.717) is 0 Å². The third kappa shape index (κ3) is 8.15. The van der Waals surface area contributed by atoms with Crippen LogP contribution in [0.5, 0.6) is 0 Å². The third-order valence-electron chi connectivity index (χ3n) is 2.44. The molecule has 0 unspecified atom stereocenters. The zero-order valence-electron chi connectivity index (χ0n) is 10.3. The van der Waals surface area contributed by atoms with Gasteiger partial charge in [0.2, 0.25) is 0 Å². The first-order chi connectivity index (χ1) is 7.36. The van der Waals surface area contributed by atoms with Gasteiger partial charge in [0.15, 0.2) is 5.96 Å². The Kier molecular flexibility index (Phi) is 10.1. The predicted octanol–water partition coefficient (Wildman–Crippen LogP) is 1.61. The highest BCUT2D eigenvalue weighted by Gasteiger charge is 2.20. The number of nitrogens with one attached hydrogen (secondary N) is 2. The molecule has 0 aromatic heterocycles. The lowest BCUT2D eigenvalue weighted by Gasteiger charge is -2.11. The van der Waals surface area contributed by atoms with E-state index in [9.17, 15) is 0 Å². The molecule has 0 aliphatic heterocycles. The van der Waals surface area contributed by atoms with Crippen LogP contribution in [-0.2, 0) is 4.74 Å². The zero-order valence-corrected chi connectivity index (χ0v) is 12.6. The van der Waals surface area contributed by atoms with Gasteiger partial charge in [-0.15, -0.1) is 24.0 Å². The Morgan fingerprint density at radius 1 is 1.38 bits per heavy atom. The van der Waals surface area contributed by atoms with E-state index in [1.54, 1.807) is 0 Å². The van der Waals surface area contributed by atoms with E-state index >= 15 is 0 Å². The molecule has 0 radical (unpaired) electrons. The number of ether oxygens (including phenoxy) is 1. The van der Waals surface area contributed by atoms with E-state index in [4.69, 9.17) is 4.74 Å². The van der Waals surface area contributed by atoms with E-state index < -0.39 is 0 Å². The van der Waals surface area contributed by atoms with Crippen LogP contribution < -0.4 is 10.6 Å². The summed E-state index contributed by atoms with van der Waals surface area (Å²) in [4.78, 5) is 4.16. The van der Waals surface area contributed by atoms with Gasteiger partial charge in [-0.2, -0.15) is 0 Å². The monoisotopic (exact) mass is 341 g/mol. The minimum absolute atomic E-state index is 0. The maximum Gasteiger partial charge on any atom is 0.190 e. The minimum Gasteiger partial charge on any atom is -0.382 e. The SMILES string of the molecule is CCOCCCNC(=NC)NCC1CC1.I. The van der Waals surface area contributed by atoms with Gasteiger partial charge in [-0.05, 0) is 32.1 Å². The summed E-state index contributed by atoms with van der Waals surface area (Å²) in [5.41, 5.74) is 0. The molecular weight excluding hydrogens is 317 g/mol. The van der Waals surface area contributed by atoms with Crippen molar-refractivity contribution in [3.8, 4) is 0 Å². The second-order valence-electron chi connectivity index (χ2n) is 3.87. The molecule has 1 rings (SSSR count). The third-order valence-corrected chi connectivity index (χ3v) is 2.44. The van der Waals surface area contributed by atoms with Gasteiger partial charge in [0.25, 0.3) is 0 Å². The van der Waals surface area contributed by atoms with Crippen LogP contribution in [0.3, 0.4) is 0 Å². The van der Waals surface area contributed by atoms with Gasteiger partial charge in [0.1, 0.15) is 0 Å². The van der Waals surface area contributed by atoms with E-state index in [1.165, 1.54) is 12.8 Å². The summed E-state index contributed by atoms with van der Waals surface area (Å²) in [5.74, 6) is 1.80. The van der Waals surface area contributed by atoms with Crippen molar-refractivity contribution in [2.75, 3.05) is 33.4 Å². The Balaban J connectivity index is 0.00000225. The molecule has 0 aromatic carbocycles. The van der Waals surface area contributed by atoms with Crippen LogP contribution in [0.25, 0.3) is 0 Å². The zero-order chi connectivity index (χ0) is 10.9. The number of guanidine groups is 1. The Hall–Kier alpha value is -0.0400. The van der Waals surface area contributed by atoms with Crippen LogP contribution in [0.15, 0.2) is 4.99 Å². The van der Waals surface area contributed by atoms with Crippen molar-refractivity contribution in [2.24, 2.45) is 10.9 Å². The molecule has 0 heterocycles. The molecule has 1 aliphatic rings. The number of aliphatic imine (C=N–C) groups is 1. The van der Waals surface area contributed by atoms with Crippen LogP contribution >= 0.6 is 24.0 Å². The quantitative estimate of drug-likeness (QED) is 0.320. The maximum atomic E-state index is 5.26. The second kappa shape index (κ2) is 10.1. The highest BCUT2D eigenvalue weighted by molar-refractivity contribution is 14.0. The van der Waals surface area contributed by atoms with Gasteiger partial charge < -0.3 is 15.4 Å². The lowest BCUT2D eigenvalue weighted by molar-refractivity contribution is 0.145. The largest absolute Gasteiger partial charge is 0.382 e. The lowest BCUT2D eigenvalue weighted by Crippen LogP contribution is -2.39. The van der Waals surface area contributed by atoms with Gasteiger partial charge in [0, 0.05) is 33.4 Å². The first-order valence-corrected chi connectivity index (χ1v) is 5.89. The summed E-state index contributed by atoms with van der Waals surface area (Å²) in [6.07, 6.45) is 3.76. The molecule has 0 bridgehead atoms. The molecule has 2 N–H and O–H groups in total. The molecule has 96 valence electrons. The molecule has 1 aliphatic carbocycles. The average molecular weight is 341 g/mol. The van der Waals surface area contributed by atoms with Gasteiger partial charge >= 0.3 is 0 Å². The Bertz CT molecular complexity index is 196. The van der Waals surface area contributed by atoms with Crippen molar-refractivity contribution in [3.63, 3.8) is 0 Å². The molecule has 0 saturated heterocycles. The van der Waals surface area contributed by atoms with Crippen molar-refractivity contribution in [1.82, 2.24) is 10.6 Å². The van der Waals surface area contributed by atoms with E-state index in [0.717, 1.165) is 44.6 Å². The molecule has 4 nitrogen and oxygen atoms in total. The highest BCUT2D eigenvalue weighted by atomic mass is 127. The number of halogens is 1. The normalized spacial score (nSPS) is 15.5. The molecule has 0 spiro atoms. The lowest BCUT2D eigenvalue weighted by atomic mass is 10.4. The van der Waals surface area contributed by atoms with Crippen LogP contribution in [-0.4, -0.2) is 39.3 Å². The summed E-state index contributed by atoms with van der Waals surface area (Å²) in [6, 6.07) is 0. The number of rotatable bonds is 7. The fourth-order valence-electron chi connectivity index (χ4n) is 1.31. The van der Waals surface area contributed by atoms with Gasteiger partial charge in [0.05, 0.1) is 0 Å². The van der Waals surface area contributed by atoms with Crippen LogP contribution in [0.2, 0.25) is 0 Å². The summed E-state index contributed by atoms with van der Waals surface area (Å²) >= 11 is 0. The minimum atomic E-state index is 0. The summed E-state index contributed by atoms with van der Waals surface area (Å²) in [7, 11) is 1.81. The van der Waals surface area contributed by atoms with E-state index in [1.807, 2.05) is 14.0 Å². The van der Waals surface area contributed by atoms with Crippen molar-refractivity contribution in [1.29, 1.82) is 0 Å². The molecule has 5 heteroatoms. The average Bonchev–Trinajstić information content (AvgIpc) is 3.06. The standard InChI is InChI=1S/C11H23N3O.HI/c1-3-15-8-4-7-13-11(12-2)14-9-10-5-6-10;/h10H,3-9H2,1-2H3,(H2,12,13,14);1H. The second-order valence-corrected chi connectivity index (χ2v) is 3.87. The van der Waals surface area contributed by atoms with Crippen molar-refractivity contribution < 1.29 is 4.74 Å². The highest BCUT2D eigenvalue weighted by Crippen LogP contribution is 2.27. The fraction of sp³-hybridized carbons (Fsp3) is 0.909. The molecular formula is C11H24IN3O. The summed E-state index contributed by atoms with van der Waals surface area (Å²) in [6.45, 7) is 5.62. The van der Waals surface area contributed by atoms with Crippen LogP contribution in [0.4, 0.5) is 0 Å². The molecule has 0 atom stereocenters. The van der Waals surface area contributed by atoms with Crippen molar-refractivity contribution in [3.05, 3.63) is 0 Å². The number of hydrogen-bond donors (Lipinski definition) is 2. The van der Waals surface area contributed by atoms with Crippen molar-refractivity contribution in [2.45, 2.75) is 26.2 Å². The molecule has 16 heavy (non-hydrogen) atoms. The predicted molar refractivity (Wildman–Crippen MR) is 78.6 cm³/mol. The summed E-state index contributed by atoms with van der Waals surface area (Å²) in [5, 5.41) is 6.59. The fourth-order valence-corrected chi connectivity index (χ4v) is 1.31. The topological polar surface area (TPSA) is 45.6 Å². The van der Waals surface area contributed by atoms with Gasteiger partial charge in [-0.25, -0.2) is 0 Å². The van der Waals surface area contributed by atoms with Gasteiger partial charge in [-0.1, -0.05) is 0 Å². The molecule has 1 fully saturated rings. The molecule has 1 saturated carbocycles. The first kappa shape index (κ1) is 16.0. The maximum absolute atomic E-state index is 5.26. The Morgan fingerprint density at radius 3 is 2.69 bits per heavy atom. The Labute approximate surface area is 116 Å². The van der Waals surface area contributed by atoms with Gasteiger partial charge in [-0.3, -0.25) is 4.99 Å². The van der Waals surface area contributed by atoms with E-state index in [-0.39, 0.29) is 24.0 Å².